The summed E-state index contributed by atoms with van der Waals surface area (Å²) in [6.45, 7) is 0. The molecular formula is C27H18FN3O2. The molecule has 0 fully saturated rings. The van der Waals surface area contributed by atoms with Gasteiger partial charge in [-0.1, -0.05) is 48.5 Å². The van der Waals surface area contributed by atoms with E-state index in [2.05, 4.69) is 10.5 Å². The number of pyridine rings is 1. The summed E-state index contributed by atoms with van der Waals surface area (Å²) < 4.78 is 13.5. The van der Waals surface area contributed by atoms with Gasteiger partial charge in [0.15, 0.2) is 0 Å². The highest BCUT2D eigenvalue weighted by Crippen LogP contribution is 2.29. The van der Waals surface area contributed by atoms with Gasteiger partial charge >= 0.3 is 0 Å². The van der Waals surface area contributed by atoms with E-state index in [9.17, 15) is 14.3 Å². The average molecular weight is 435 g/mol. The maximum Gasteiger partial charge on any atom is 0.275 e. The minimum atomic E-state index is -0.521. The van der Waals surface area contributed by atoms with Crippen LogP contribution >= 0.6 is 0 Å². The lowest BCUT2D eigenvalue weighted by atomic mass is 10.0. The summed E-state index contributed by atoms with van der Waals surface area (Å²) >= 11 is 0. The van der Waals surface area contributed by atoms with Gasteiger partial charge in [-0.05, 0) is 47.9 Å². The first-order valence-electron chi connectivity index (χ1n) is 10.3. The molecule has 0 aliphatic heterocycles. The highest BCUT2D eigenvalue weighted by Gasteiger charge is 2.11. The zero-order valence-electron chi connectivity index (χ0n) is 17.4. The molecule has 0 aliphatic rings. The minimum absolute atomic E-state index is 0.121. The molecule has 1 amide bonds. The van der Waals surface area contributed by atoms with Crippen LogP contribution in [0.1, 0.15) is 15.9 Å². The van der Waals surface area contributed by atoms with Crippen LogP contribution in [0, 0.1) is 5.82 Å². The summed E-state index contributed by atoms with van der Waals surface area (Å²) in [5, 5.41) is 16.9. The first kappa shape index (κ1) is 20.3. The number of nitrogens with one attached hydrogen (secondary N) is 1. The summed E-state index contributed by atoms with van der Waals surface area (Å²) in [6, 6.07) is 26.1. The van der Waals surface area contributed by atoms with Gasteiger partial charge < -0.3 is 5.11 Å². The number of halogens is 1. The summed E-state index contributed by atoms with van der Waals surface area (Å²) in [5.74, 6) is -0.963. The van der Waals surface area contributed by atoms with Crippen molar-refractivity contribution in [1.29, 1.82) is 0 Å². The zero-order chi connectivity index (χ0) is 22.8. The first-order chi connectivity index (χ1) is 16.1. The third-order valence-electron chi connectivity index (χ3n) is 5.39. The van der Waals surface area contributed by atoms with Gasteiger partial charge in [0.05, 0.1) is 23.0 Å². The summed E-state index contributed by atoms with van der Waals surface area (Å²) in [5.41, 5.74) is 5.53. The van der Waals surface area contributed by atoms with Crippen LogP contribution in [-0.2, 0) is 0 Å². The number of aromatic nitrogens is 1. The average Bonchev–Trinajstić information content (AvgIpc) is 2.84. The normalized spacial score (nSPS) is 11.3. The Kier molecular flexibility index (Phi) is 5.24. The molecule has 6 heteroatoms. The number of amides is 1. The zero-order valence-corrected chi connectivity index (χ0v) is 17.4. The Morgan fingerprint density at radius 1 is 0.909 bits per heavy atom. The van der Waals surface area contributed by atoms with E-state index in [1.165, 1.54) is 24.3 Å². The Morgan fingerprint density at radius 2 is 1.67 bits per heavy atom. The highest BCUT2D eigenvalue weighted by molar-refractivity contribution is 6.11. The number of phenolic OH excluding ortho intramolecular Hbond substituents is 1. The molecule has 5 nitrogen and oxygen atoms in total. The Labute approximate surface area is 188 Å². The van der Waals surface area contributed by atoms with E-state index in [0.717, 1.165) is 32.8 Å². The van der Waals surface area contributed by atoms with Crippen molar-refractivity contribution in [3.8, 4) is 17.0 Å². The van der Waals surface area contributed by atoms with Crippen molar-refractivity contribution in [2.75, 3.05) is 0 Å². The lowest BCUT2D eigenvalue weighted by molar-refractivity contribution is 0.0952. The number of nitrogens with zero attached hydrogens (tertiary/aromatic N) is 2. The minimum Gasteiger partial charge on any atom is -0.507 e. The Balaban J connectivity index is 1.60. The van der Waals surface area contributed by atoms with Gasteiger partial charge in [-0.25, -0.2) is 14.8 Å². The van der Waals surface area contributed by atoms with Crippen molar-refractivity contribution in [1.82, 2.24) is 10.4 Å². The van der Waals surface area contributed by atoms with Crippen LogP contribution in [0.2, 0.25) is 0 Å². The smallest absolute Gasteiger partial charge is 0.275 e. The van der Waals surface area contributed by atoms with E-state index in [4.69, 9.17) is 4.98 Å². The fourth-order valence-electron chi connectivity index (χ4n) is 3.75. The largest absolute Gasteiger partial charge is 0.507 e. The van der Waals surface area contributed by atoms with E-state index in [-0.39, 0.29) is 17.1 Å². The van der Waals surface area contributed by atoms with Crippen LogP contribution in [0.15, 0.2) is 96.1 Å². The monoisotopic (exact) mass is 435 g/mol. The van der Waals surface area contributed by atoms with Crippen LogP contribution < -0.4 is 5.43 Å². The van der Waals surface area contributed by atoms with Crippen LogP contribution in [0.4, 0.5) is 4.39 Å². The molecule has 5 aromatic rings. The Morgan fingerprint density at radius 3 is 2.48 bits per heavy atom. The molecule has 0 radical (unpaired) electrons. The van der Waals surface area contributed by atoms with Gasteiger partial charge in [-0.15, -0.1) is 0 Å². The lowest BCUT2D eigenvalue weighted by Gasteiger charge is -2.10. The molecule has 33 heavy (non-hydrogen) atoms. The van der Waals surface area contributed by atoms with E-state index < -0.39 is 5.91 Å². The van der Waals surface area contributed by atoms with Gasteiger partial charge in [-0.2, -0.15) is 5.10 Å². The summed E-state index contributed by atoms with van der Waals surface area (Å²) in [7, 11) is 0. The predicted molar refractivity (Wildman–Crippen MR) is 128 cm³/mol. The maximum absolute atomic E-state index is 13.5. The molecule has 4 aromatic carbocycles. The second kappa shape index (κ2) is 8.51. The maximum atomic E-state index is 13.5. The first-order valence-corrected chi connectivity index (χ1v) is 10.3. The Bertz CT molecular complexity index is 1530. The number of aromatic hydroxyl groups is 1. The number of phenols is 1. The van der Waals surface area contributed by atoms with Crippen molar-refractivity contribution in [2.45, 2.75) is 0 Å². The van der Waals surface area contributed by atoms with Gasteiger partial charge in [0.1, 0.15) is 11.6 Å². The molecule has 5 rings (SSSR count). The van der Waals surface area contributed by atoms with Crippen LogP contribution in [0.3, 0.4) is 0 Å². The molecule has 0 spiro atoms. The molecule has 0 saturated carbocycles. The third kappa shape index (κ3) is 4.02. The van der Waals surface area contributed by atoms with Crippen molar-refractivity contribution in [3.63, 3.8) is 0 Å². The quantitative estimate of drug-likeness (QED) is 0.217. The van der Waals surface area contributed by atoms with E-state index in [0.29, 0.717) is 5.69 Å². The standard InChI is InChI=1S/C27H18FN3O2/c28-20-12-9-18(10-13-20)24-15-19(16-29-31-27(33)23-7-3-4-8-25(23)32)22-14-11-17-5-1-2-6-21(17)26(22)30-24/h1-16,32H,(H,31,33)/b29-16+. The van der Waals surface area contributed by atoms with Gasteiger partial charge in [-0.3, -0.25) is 4.79 Å². The number of para-hydroxylation sites is 1. The number of fused-ring (bicyclic) bond motifs is 3. The number of carbonyl (C=O) groups excluding carboxylic acids is 1. The molecular weight excluding hydrogens is 417 g/mol. The second-order valence-corrected chi connectivity index (χ2v) is 7.50. The number of hydrazone groups is 1. The third-order valence-corrected chi connectivity index (χ3v) is 5.39. The van der Waals surface area contributed by atoms with E-state index in [1.807, 2.05) is 42.5 Å². The second-order valence-electron chi connectivity index (χ2n) is 7.50. The highest BCUT2D eigenvalue weighted by atomic mass is 19.1. The number of hydrogen-bond donors (Lipinski definition) is 2. The van der Waals surface area contributed by atoms with Crippen molar-refractivity contribution >= 4 is 33.8 Å². The number of benzene rings is 4. The summed E-state index contributed by atoms with van der Waals surface area (Å²) in [6.07, 6.45) is 1.55. The molecule has 0 unspecified atom stereocenters. The van der Waals surface area contributed by atoms with Gasteiger partial charge in [0, 0.05) is 21.9 Å². The molecule has 0 atom stereocenters. The van der Waals surface area contributed by atoms with Crippen molar-refractivity contribution in [3.05, 3.63) is 108 Å². The fraction of sp³-hybridized carbons (Fsp3) is 0. The van der Waals surface area contributed by atoms with Crippen LogP contribution in [0.5, 0.6) is 5.75 Å². The SMILES string of the molecule is O=C(N/N=C/c1cc(-c2ccc(F)cc2)nc2c1ccc1ccccc12)c1ccccc1O. The number of carbonyl (C=O) groups is 1. The molecule has 0 saturated heterocycles. The van der Waals surface area contributed by atoms with E-state index in [1.54, 1.807) is 30.5 Å². The molecule has 1 heterocycles. The molecule has 0 bridgehead atoms. The lowest BCUT2D eigenvalue weighted by Crippen LogP contribution is -2.17. The predicted octanol–water partition coefficient (Wildman–Crippen LogP) is 5.66. The fourth-order valence-corrected chi connectivity index (χ4v) is 3.75. The number of hydrogen-bond acceptors (Lipinski definition) is 4. The van der Waals surface area contributed by atoms with Crippen molar-refractivity contribution < 1.29 is 14.3 Å². The molecule has 2 N–H and O–H groups in total. The number of rotatable bonds is 4. The van der Waals surface area contributed by atoms with E-state index >= 15 is 0 Å². The Hall–Kier alpha value is -4.58. The van der Waals surface area contributed by atoms with Crippen LogP contribution in [-0.4, -0.2) is 22.2 Å². The summed E-state index contributed by atoms with van der Waals surface area (Å²) in [4.78, 5) is 17.2. The topological polar surface area (TPSA) is 74.6 Å². The van der Waals surface area contributed by atoms with Gasteiger partial charge in [0.2, 0.25) is 0 Å². The van der Waals surface area contributed by atoms with Crippen molar-refractivity contribution in [2.24, 2.45) is 5.10 Å². The molecule has 0 aliphatic carbocycles. The molecule has 1 aromatic heterocycles. The molecule has 160 valence electrons. The van der Waals surface area contributed by atoms with Crippen LogP contribution in [0.25, 0.3) is 32.9 Å². The van der Waals surface area contributed by atoms with Gasteiger partial charge in [0.25, 0.3) is 5.91 Å².